The molecule has 2 amide bonds. The van der Waals surface area contributed by atoms with Crippen LogP contribution in [0.15, 0.2) is 24.3 Å². The average Bonchev–Trinajstić information content (AvgIpc) is 2.62. The zero-order valence-electron chi connectivity index (χ0n) is 14.0. The number of rotatable bonds is 8. The molecule has 1 fully saturated rings. The van der Waals surface area contributed by atoms with Crippen molar-refractivity contribution in [2.45, 2.75) is 6.92 Å². The van der Waals surface area contributed by atoms with E-state index >= 15 is 0 Å². The lowest BCUT2D eigenvalue weighted by Crippen LogP contribution is -2.51. The van der Waals surface area contributed by atoms with Gasteiger partial charge < -0.3 is 19.3 Å². The van der Waals surface area contributed by atoms with Gasteiger partial charge in [-0.3, -0.25) is 14.4 Å². The minimum atomic E-state index is -0.462. The fraction of sp³-hybridized carbons (Fsp3) is 0.412. The lowest BCUT2D eigenvalue weighted by Gasteiger charge is -2.31. The SMILES string of the molecule is CCOC(=O)COc1ccc(C(=O)CN2CCN(C=O)CC2=O)cc1. The molecule has 25 heavy (non-hydrogen) atoms. The van der Waals surface area contributed by atoms with Gasteiger partial charge in [0.15, 0.2) is 12.4 Å². The molecule has 2 rings (SSSR count). The van der Waals surface area contributed by atoms with Crippen molar-refractivity contribution in [2.75, 3.05) is 39.4 Å². The number of ketones is 1. The third kappa shape index (κ3) is 5.30. The second kappa shape index (κ2) is 8.81. The molecule has 0 N–H and O–H groups in total. The largest absolute Gasteiger partial charge is 0.482 e. The third-order valence-corrected chi connectivity index (χ3v) is 3.67. The first-order valence-electron chi connectivity index (χ1n) is 7.92. The van der Waals surface area contributed by atoms with Crippen molar-refractivity contribution >= 4 is 24.1 Å². The Morgan fingerprint density at radius 3 is 2.52 bits per heavy atom. The number of carbonyl (C=O) groups excluding carboxylic acids is 4. The van der Waals surface area contributed by atoms with Crippen LogP contribution in [0.4, 0.5) is 0 Å². The van der Waals surface area contributed by atoms with Gasteiger partial charge in [-0.25, -0.2) is 4.79 Å². The van der Waals surface area contributed by atoms with Crippen LogP contribution in [0.5, 0.6) is 5.75 Å². The van der Waals surface area contributed by atoms with Crippen LogP contribution in [0.1, 0.15) is 17.3 Å². The van der Waals surface area contributed by atoms with E-state index in [2.05, 4.69) is 0 Å². The monoisotopic (exact) mass is 348 g/mol. The number of amides is 2. The van der Waals surface area contributed by atoms with E-state index in [1.807, 2.05) is 0 Å². The summed E-state index contributed by atoms with van der Waals surface area (Å²) in [5, 5.41) is 0. The van der Waals surface area contributed by atoms with Crippen LogP contribution < -0.4 is 4.74 Å². The van der Waals surface area contributed by atoms with Crippen molar-refractivity contribution in [3.05, 3.63) is 29.8 Å². The summed E-state index contributed by atoms with van der Waals surface area (Å²) in [7, 11) is 0. The lowest BCUT2D eigenvalue weighted by molar-refractivity contribution is -0.145. The van der Waals surface area contributed by atoms with Crippen molar-refractivity contribution < 1.29 is 28.7 Å². The molecule has 1 aliphatic rings. The fourth-order valence-corrected chi connectivity index (χ4v) is 2.33. The van der Waals surface area contributed by atoms with E-state index < -0.39 is 5.97 Å². The normalized spacial score (nSPS) is 14.2. The number of Topliss-reactive ketones (excluding diaryl/α,β-unsaturated/α-hetero) is 1. The van der Waals surface area contributed by atoms with Crippen LogP contribution >= 0.6 is 0 Å². The Hall–Kier alpha value is -2.90. The van der Waals surface area contributed by atoms with Gasteiger partial charge in [0.2, 0.25) is 12.3 Å². The number of benzene rings is 1. The number of hydrogen-bond acceptors (Lipinski definition) is 6. The minimum Gasteiger partial charge on any atom is -0.482 e. The molecule has 8 nitrogen and oxygen atoms in total. The predicted molar refractivity (Wildman–Crippen MR) is 87.1 cm³/mol. The molecule has 0 atom stereocenters. The molecule has 0 radical (unpaired) electrons. The highest BCUT2D eigenvalue weighted by molar-refractivity contribution is 5.99. The smallest absolute Gasteiger partial charge is 0.344 e. The van der Waals surface area contributed by atoms with Gasteiger partial charge in [0.1, 0.15) is 5.75 Å². The van der Waals surface area contributed by atoms with Crippen LogP contribution in [-0.4, -0.2) is 73.3 Å². The second-order valence-electron chi connectivity index (χ2n) is 5.43. The number of esters is 1. The first-order valence-corrected chi connectivity index (χ1v) is 7.92. The van der Waals surface area contributed by atoms with E-state index in [-0.39, 0.29) is 38.0 Å². The molecule has 1 aliphatic heterocycles. The topological polar surface area (TPSA) is 93.2 Å². The lowest BCUT2D eigenvalue weighted by atomic mass is 10.1. The van der Waals surface area contributed by atoms with Gasteiger partial charge in [0, 0.05) is 18.7 Å². The van der Waals surface area contributed by atoms with Crippen molar-refractivity contribution in [3.8, 4) is 5.75 Å². The maximum atomic E-state index is 12.3. The first-order chi connectivity index (χ1) is 12.0. The Labute approximate surface area is 145 Å². The molecule has 0 aromatic heterocycles. The molecular weight excluding hydrogens is 328 g/mol. The summed E-state index contributed by atoms with van der Waals surface area (Å²) >= 11 is 0. The predicted octanol–water partition coefficient (Wildman–Crippen LogP) is 0.112. The van der Waals surface area contributed by atoms with Gasteiger partial charge in [-0.05, 0) is 31.2 Å². The Balaban J connectivity index is 1.87. The van der Waals surface area contributed by atoms with Crippen LogP contribution in [0.25, 0.3) is 0 Å². The molecule has 1 heterocycles. The summed E-state index contributed by atoms with van der Waals surface area (Å²) in [6.07, 6.45) is 0.631. The summed E-state index contributed by atoms with van der Waals surface area (Å²) in [6.45, 7) is 2.52. The summed E-state index contributed by atoms with van der Waals surface area (Å²) in [4.78, 5) is 48.9. The van der Waals surface area contributed by atoms with Crippen molar-refractivity contribution in [3.63, 3.8) is 0 Å². The Bertz CT molecular complexity index is 643. The number of hydrogen-bond donors (Lipinski definition) is 0. The molecule has 8 heteroatoms. The zero-order chi connectivity index (χ0) is 18.2. The number of nitrogens with zero attached hydrogens (tertiary/aromatic N) is 2. The van der Waals surface area contributed by atoms with Gasteiger partial charge in [-0.15, -0.1) is 0 Å². The number of piperazine rings is 1. The molecule has 0 unspecified atom stereocenters. The molecule has 134 valence electrons. The standard InChI is InChI=1S/C17H20N2O6/c1-2-24-17(23)11-25-14-5-3-13(4-6-14)15(21)9-19-8-7-18(12-20)10-16(19)22/h3-6,12H,2,7-11H2,1H3. The van der Waals surface area contributed by atoms with Crippen LogP contribution in [-0.2, 0) is 19.1 Å². The van der Waals surface area contributed by atoms with Crippen molar-refractivity contribution in [1.82, 2.24) is 9.80 Å². The van der Waals surface area contributed by atoms with Gasteiger partial charge in [-0.2, -0.15) is 0 Å². The van der Waals surface area contributed by atoms with E-state index in [1.165, 1.54) is 9.80 Å². The van der Waals surface area contributed by atoms with Crippen molar-refractivity contribution in [2.24, 2.45) is 0 Å². The molecular formula is C17H20N2O6. The van der Waals surface area contributed by atoms with Crippen LogP contribution in [0.2, 0.25) is 0 Å². The van der Waals surface area contributed by atoms with E-state index in [9.17, 15) is 19.2 Å². The summed E-state index contributed by atoms with van der Waals surface area (Å²) in [6, 6.07) is 6.32. The molecule has 1 aromatic carbocycles. The molecule has 0 saturated carbocycles. The van der Waals surface area contributed by atoms with Gasteiger partial charge >= 0.3 is 5.97 Å². The Morgan fingerprint density at radius 2 is 1.92 bits per heavy atom. The average molecular weight is 348 g/mol. The Morgan fingerprint density at radius 1 is 1.20 bits per heavy atom. The maximum Gasteiger partial charge on any atom is 0.344 e. The summed E-state index contributed by atoms with van der Waals surface area (Å²) in [5.74, 6) is -0.471. The van der Waals surface area contributed by atoms with E-state index in [4.69, 9.17) is 9.47 Å². The van der Waals surface area contributed by atoms with E-state index in [0.29, 0.717) is 30.8 Å². The van der Waals surface area contributed by atoms with Gasteiger partial charge in [0.05, 0.1) is 19.7 Å². The first kappa shape index (κ1) is 18.4. The fourth-order valence-electron chi connectivity index (χ4n) is 2.33. The third-order valence-electron chi connectivity index (χ3n) is 3.67. The van der Waals surface area contributed by atoms with E-state index in [1.54, 1.807) is 31.2 Å². The van der Waals surface area contributed by atoms with E-state index in [0.717, 1.165) is 0 Å². The molecule has 1 saturated heterocycles. The quantitative estimate of drug-likeness (QED) is 0.376. The summed E-state index contributed by atoms with van der Waals surface area (Å²) in [5.41, 5.74) is 0.439. The molecule has 0 spiro atoms. The number of carbonyl (C=O) groups is 4. The summed E-state index contributed by atoms with van der Waals surface area (Å²) < 4.78 is 10.0. The number of ether oxygens (including phenoxy) is 2. The molecule has 1 aromatic rings. The molecule has 0 bridgehead atoms. The van der Waals surface area contributed by atoms with Crippen LogP contribution in [0, 0.1) is 0 Å². The van der Waals surface area contributed by atoms with Gasteiger partial charge in [-0.1, -0.05) is 0 Å². The van der Waals surface area contributed by atoms with Crippen molar-refractivity contribution in [1.29, 1.82) is 0 Å². The Kier molecular flexibility index (Phi) is 6.50. The highest BCUT2D eigenvalue weighted by atomic mass is 16.6. The van der Waals surface area contributed by atoms with Crippen LogP contribution in [0.3, 0.4) is 0 Å². The molecule has 0 aliphatic carbocycles. The highest BCUT2D eigenvalue weighted by Crippen LogP contribution is 2.13. The highest BCUT2D eigenvalue weighted by Gasteiger charge is 2.24. The van der Waals surface area contributed by atoms with Gasteiger partial charge in [0.25, 0.3) is 0 Å². The second-order valence-corrected chi connectivity index (χ2v) is 5.43. The zero-order valence-corrected chi connectivity index (χ0v) is 14.0. The minimum absolute atomic E-state index is 0.00256. The maximum absolute atomic E-state index is 12.3.